The summed E-state index contributed by atoms with van der Waals surface area (Å²) in [5.41, 5.74) is -0.802. The zero-order valence-corrected chi connectivity index (χ0v) is 14.6. The van der Waals surface area contributed by atoms with Crippen molar-refractivity contribution in [3.63, 3.8) is 0 Å². The lowest BCUT2D eigenvalue weighted by atomic mass is 9.80. The Morgan fingerprint density at radius 2 is 1.84 bits per heavy atom. The predicted octanol–water partition coefficient (Wildman–Crippen LogP) is 2.35. The Morgan fingerprint density at radius 3 is 2.44 bits per heavy atom. The number of carbonyl (C=O) groups excluding carboxylic acids is 3. The fourth-order valence-electron chi connectivity index (χ4n) is 3.14. The highest BCUT2D eigenvalue weighted by molar-refractivity contribution is 6.00. The number of hydrogen-bond acceptors (Lipinski definition) is 3. The molecular formula is C18H24FN3O3. The SMILES string of the molecule is CCNC(=O)C1(NC(=O)c2ccc(F)c(NC(C)=O)c2)CCCCC1. The van der Waals surface area contributed by atoms with Crippen molar-refractivity contribution in [2.24, 2.45) is 0 Å². The molecule has 1 aliphatic carbocycles. The molecule has 7 heteroatoms. The molecule has 1 aliphatic rings. The van der Waals surface area contributed by atoms with Crippen LogP contribution in [0.25, 0.3) is 0 Å². The molecule has 3 N–H and O–H groups in total. The quantitative estimate of drug-likeness (QED) is 0.762. The van der Waals surface area contributed by atoms with Gasteiger partial charge in [-0.2, -0.15) is 0 Å². The van der Waals surface area contributed by atoms with E-state index in [0.717, 1.165) is 25.3 Å². The van der Waals surface area contributed by atoms with Gasteiger partial charge in [0.05, 0.1) is 5.69 Å². The average Bonchev–Trinajstić information content (AvgIpc) is 2.57. The molecule has 2 rings (SSSR count). The zero-order valence-electron chi connectivity index (χ0n) is 14.6. The van der Waals surface area contributed by atoms with Crippen molar-refractivity contribution in [1.29, 1.82) is 0 Å². The molecule has 0 aromatic heterocycles. The van der Waals surface area contributed by atoms with Crippen molar-refractivity contribution in [3.8, 4) is 0 Å². The van der Waals surface area contributed by atoms with Crippen molar-refractivity contribution >= 4 is 23.4 Å². The maximum absolute atomic E-state index is 13.7. The van der Waals surface area contributed by atoms with E-state index in [9.17, 15) is 18.8 Å². The molecule has 0 spiro atoms. The van der Waals surface area contributed by atoms with E-state index in [1.165, 1.54) is 19.1 Å². The van der Waals surface area contributed by atoms with Gasteiger partial charge in [0.2, 0.25) is 11.8 Å². The Kier molecular flexibility index (Phi) is 6.12. The monoisotopic (exact) mass is 349 g/mol. The van der Waals surface area contributed by atoms with Crippen molar-refractivity contribution in [1.82, 2.24) is 10.6 Å². The van der Waals surface area contributed by atoms with Gasteiger partial charge in [0.1, 0.15) is 11.4 Å². The van der Waals surface area contributed by atoms with Crippen LogP contribution in [0.3, 0.4) is 0 Å². The number of benzene rings is 1. The Balaban J connectivity index is 2.23. The lowest BCUT2D eigenvalue weighted by molar-refractivity contribution is -0.128. The van der Waals surface area contributed by atoms with Crippen LogP contribution >= 0.6 is 0 Å². The van der Waals surface area contributed by atoms with Gasteiger partial charge in [-0.05, 0) is 38.0 Å². The molecule has 1 aromatic carbocycles. The van der Waals surface area contributed by atoms with Gasteiger partial charge in [0.25, 0.3) is 5.91 Å². The Bertz CT molecular complexity index is 670. The summed E-state index contributed by atoms with van der Waals surface area (Å²) in [6.45, 7) is 3.58. The highest BCUT2D eigenvalue weighted by atomic mass is 19.1. The second kappa shape index (κ2) is 8.09. The third-order valence-corrected chi connectivity index (χ3v) is 4.37. The molecule has 0 saturated heterocycles. The minimum atomic E-state index is -0.937. The molecule has 1 aromatic rings. The van der Waals surface area contributed by atoms with Gasteiger partial charge in [0, 0.05) is 19.0 Å². The predicted molar refractivity (Wildman–Crippen MR) is 92.7 cm³/mol. The number of carbonyl (C=O) groups is 3. The Morgan fingerprint density at radius 1 is 1.16 bits per heavy atom. The number of halogens is 1. The molecule has 136 valence electrons. The standard InChI is InChI=1S/C18H24FN3O3/c1-3-20-17(25)18(9-5-4-6-10-18)22-16(24)13-7-8-14(19)15(11-13)21-12(2)23/h7-8,11H,3-6,9-10H2,1-2H3,(H,20,25)(H,21,23)(H,22,24). The minimum Gasteiger partial charge on any atom is -0.354 e. The molecule has 0 bridgehead atoms. The van der Waals surface area contributed by atoms with Crippen LogP contribution in [0.2, 0.25) is 0 Å². The molecule has 6 nitrogen and oxygen atoms in total. The summed E-state index contributed by atoms with van der Waals surface area (Å²) in [5, 5.41) is 7.99. The number of nitrogens with one attached hydrogen (secondary N) is 3. The zero-order chi connectivity index (χ0) is 18.4. The molecular weight excluding hydrogens is 325 g/mol. The maximum atomic E-state index is 13.7. The van der Waals surface area contributed by atoms with E-state index in [1.807, 2.05) is 6.92 Å². The third kappa shape index (κ3) is 4.55. The first-order chi connectivity index (χ1) is 11.9. The van der Waals surface area contributed by atoms with Crippen LogP contribution in [0.4, 0.5) is 10.1 Å². The topological polar surface area (TPSA) is 87.3 Å². The van der Waals surface area contributed by atoms with E-state index in [2.05, 4.69) is 16.0 Å². The van der Waals surface area contributed by atoms with Gasteiger partial charge in [-0.1, -0.05) is 19.3 Å². The van der Waals surface area contributed by atoms with Crippen LogP contribution in [-0.4, -0.2) is 29.8 Å². The number of anilines is 1. The van der Waals surface area contributed by atoms with Gasteiger partial charge in [-0.25, -0.2) is 4.39 Å². The normalized spacial score (nSPS) is 16.0. The largest absolute Gasteiger partial charge is 0.354 e. The molecule has 0 unspecified atom stereocenters. The fourth-order valence-corrected chi connectivity index (χ4v) is 3.14. The van der Waals surface area contributed by atoms with Crippen LogP contribution in [-0.2, 0) is 9.59 Å². The second-order valence-corrected chi connectivity index (χ2v) is 6.33. The summed E-state index contributed by atoms with van der Waals surface area (Å²) in [6.07, 6.45) is 3.89. The van der Waals surface area contributed by atoms with Gasteiger partial charge in [-0.15, -0.1) is 0 Å². The molecule has 0 atom stereocenters. The van der Waals surface area contributed by atoms with Gasteiger partial charge < -0.3 is 16.0 Å². The molecule has 0 heterocycles. The van der Waals surface area contributed by atoms with Crippen molar-refractivity contribution < 1.29 is 18.8 Å². The van der Waals surface area contributed by atoms with Crippen molar-refractivity contribution in [3.05, 3.63) is 29.6 Å². The van der Waals surface area contributed by atoms with Crippen LogP contribution < -0.4 is 16.0 Å². The molecule has 3 amide bonds. The van der Waals surface area contributed by atoms with E-state index < -0.39 is 23.2 Å². The van der Waals surface area contributed by atoms with E-state index in [-0.39, 0.29) is 17.2 Å². The molecule has 0 radical (unpaired) electrons. The summed E-state index contributed by atoms with van der Waals surface area (Å²) >= 11 is 0. The summed E-state index contributed by atoms with van der Waals surface area (Å²) in [6, 6.07) is 3.74. The first kappa shape index (κ1) is 18.9. The Hall–Kier alpha value is -2.44. The van der Waals surface area contributed by atoms with Crippen molar-refractivity contribution in [2.75, 3.05) is 11.9 Å². The van der Waals surface area contributed by atoms with Crippen LogP contribution in [0.5, 0.6) is 0 Å². The number of likely N-dealkylation sites (N-methyl/N-ethyl adjacent to an activating group) is 1. The van der Waals surface area contributed by atoms with E-state index >= 15 is 0 Å². The third-order valence-electron chi connectivity index (χ3n) is 4.37. The lowest BCUT2D eigenvalue weighted by Crippen LogP contribution is -2.59. The van der Waals surface area contributed by atoms with Crippen molar-refractivity contribution in [2.45, 2.75) is 51.5 Å². The first-order valence-corrected chi connectivity index (χ1v) is 8.56. The van der Waals surface area contributed by atoms with Crippen LogP contribution in [0, 0.1) is 5.82 Å². The van der Waals surface area contributed by atoms with Crippen LogP contribution in [0.1, 0.15) is 56.3 Å². The first-order valence-electron chi connectivity index (χ1n) is 8.56. The number of hydrogen-bond donors (Lipinski definition) is 3. The summed E-state index contributed by atoms with van der Waals surface area (Å²) in [5.74, 6) is -1.70. The van der Waals surface area contributed by atoms with E-state index in [1.54, 1.807) is 0 Å². The minimum absolute atomic E-state index is 0.0594. The molecule has 1 saturated carbocycles. The lowest BCUT2D eigenvalue weighted by Gasteiger charge is -2.36. The van der Waals surface area contributed by atoms with Gasteiger partial charge in [0.15, 0.2) is 0 Å². The number of amides is 3. The average molecular weight is 349 g/mol. The highest BCUT2D eigenvalue weighted by Gasteiger charge is 2.40. The van der Waals surface area contributed by atoms with Gasteiger partial charge in [-0.3, -0.25) is 14.4 Å². The summed E-state index contributed by atoms with van der Waals surface area (Å²) < 4.78 is 13.7. The number of rotatable bonds is 5. The van der Waals surface area contributed by atoms with E-state index in [4.69, 9.17) is 0 Å². The summed E-state index contributed by atoms with van der Waals surface area (Å²) in [4.78, 5) is 36.3. The molecule has 25 heavy (non-hydrogen) atoms. The van der Waals surface area contributed by atoms with E-state index in [0.29, 0.717) is 19.4 Å². The summed E-state index contributed by atoms with van der Waals surface area (Å²) in [7, 11) is 0. The fraction of sp³-hybridized carbons (Fsp3) is 0.500. The smallest absolute Gasteiger partial charge is 0.252 e. The second-order valence-electron chi connectivity index (χ2n) is 6.33. The van der Waals surface area contributed by atoms with Gasteiger partial charge >= 0.3 is 0 Å². The molecule has 1 fully saturated rings. The Labute approximate surface area is 146 Å². The molecule has 0 aliphatic heterocycles. The maximum Gasteiger partial charge on any atom is 0.252 e. The van der Waals surface area contributed by atoms with Crippen LogP contribution in [0.15, 0.2) is 18.2 Å². The highest BCUT2D eigenvalue weighted by Crippen LogP contribution is 2.29.